The fourth-order valence-electron chi connectivity index (χ4n) is 3.87. The second-order valence-corrected chi connectivity index (χ2v) is 6.37. The molecule has 1 heterocycles. The first-order valence-electron chi connectivity index (χ1n) is 8.30. The van der Waals surface area contributed by atoms with Crippen LogP contribution in [0.1, 0.15) is 35.6 Å². The van der Waals surface area contributed by atoms with Crippen molar-refractivity contribution >= 4 is 5.69 Å². The van der Waals surface area contributed by atoms with E-state index in [4.69, 9.17) is 0 Å². The molecule has 3 aromatic carbocycles. The van der Waals surface area contributed by atoms with Crippen LogP contribution in [0.2, 0.25) is 0 Å². The molecule has 0 saturated carbocycles. The normalized spacial score (nSPS) is 22.9. The Labute approximate surface area is 138 Å². The number of para-hydroxylation sites is 1. The van der Waals surface area contributed by atoms with Gasteiger partial charge < -0.3 is 5.32 Å². The van der Waals surface area contributed by atoms with E-state index >= 15 is 0 Å². The molecule has 1 heteroatoms. The van der Waals surface area contributed by atoms with E-state index in [1.165, 1.54) is 22.4 Å². The van der Waals surface area contributed by atoms with Gasteiger partial charge in [0.15, 0.2) is 0 Å². The predicted molar refractivity (Wildman–Crippen MR) is 96.7 cm³/mol. The molecule has 114 valence electrons. The minimum Gasteiger partial charge on any atom is -0.378 e. The summed E-state index contributed by atoms with van der Waals surface area (Å²) < 4.78 is 0. The molecule has 0 bridgehead atoms. The quantitative estimate of drug-likeness (QED) is 0.647. The van der Waals surface area contributed by atoms with E-state index in [0.29, 0.717) is 17.9 Å². The van der Waals surface area contributed by atoms with Crippen LogP contribution in [0.3, 0.4) is 0 Å². The van der Waals surface area contributed by atoms with Crippen LogP contribution in [-0.4, -0.2) is 0 Å². The first-order valence-corrected chi connectivity index (χ1v) is 8.30. The van der Waals surface area contributed by atoms with E-state index in [1.54, 1.807) is 0 Å². The van der Waals surface area contributed by atoms with Crippen LogP contribution < -0.4 is 5.32 Å². The van der Waals surface area contributed by atoms with Crippen LogP contribution in [0.15, 0.2) is 84.9 Å². The Morgan fingerprint density at radius 2 is 1.22 bits per heavy atom. The number of rotatable bonds is 2. The monoisotopic (exact) mass is 299 g/mol. The topological polar surface area (TPSA) is 12.0 Å². The van der Waals surface area contributed by atoms with Crippen molar-refractivity contribution in [1.29, 1.82) is 0 Å². The summed E-state index contributed by atoms with van der Waals surface area (Å²) in [4.78, 5) is 0. The van der Waals surface area contributed by atoms with Crippen molar-refractivity contribution in [3.05, 3.63) is 102 Å². The lowest BCUT2D eigenvalue weighted by Crippen LogP contribution is -2.30. The highest BCUT2D eigenvalue weighted by Crippen LogP contribution is 2.47. The minimum atomic E-state index is 0.330. The summed E-state index contributed by atoms with van der Waals surface area (Å²) in [6, 6.07) is 30.7. The first kappa shape index (κ1) is 14.1. The summed E-state index contributed by atoms with van der Waals surface area (Å²) in [7, 11) is 0. The maximum absolute atomic E-state index is 3.76. The van der Waals surface area contributed by atoms with Gasteiger partial charge in [-0.2, -0.15) is 0 Å². The Balaban J connectivity index is 1.83. The number of nitrogens with one attached hydrogen (secondary N) is 1. The Morgan fingerprint density at radius 1 is 0.652 bits per heavy atom. The van der Waals surface area contributed by atoms with Gasteiger partial charge in [-0.1, -0.05) is 85.8 Å². The molecule has 1 N–H and O–H groups in total. The fraction of sp³-hybridized carbons (Fsp3) is 0.182. The third-order valence-electron chi connectivity index (χ3n) is 4.98. The van der Waals surface area contributed by atoms with Crippen molar-refractivity contribution in [2.24, 2.45) is 5.92 Å². The number of hydrogen-bond donors (Lipinski definition) is 1. The van der Waals surface area contributed by atoms with Gasteiger partial charge >= 0.3 is 0 Å². The average molecular weight is 299 g/mol. The van der Waals surface area contributed by atoms with Crippen molar-refractivity contribution in [3.63, 3.8) is 0 Å². The molecule has 0 aromatic heterocycles. The Bertz CT molecular complexity index is 779. The van der Waals surface area contributed by atoms with Gasteiger partial charge in [0.25, 0.3) is 0 Å². The number of fused-ring (bicyclic) bond motifs is 1. The Kier molecular flexibility index (Phi) is 3.63. The first-order chi connectivity index (χ1) is 11.3. The zero-order valence-corrected chi connectivity index (χ0v) is 13.3. The van der Waals surface area contributed by atoms with Crippen LogP contribution in [0, 0.1) is 5.92 Å². The standard InChI is InChI=1S/C22H21N/c1-16-21(17-10-4-2-5-11-17)19-14-8-9-15-20(19)23-22(16)18-12-6-3-7-13-18/h2-16,21-23H,1H3/t16-,21-,22+/m1/s1. The van der Waals surface area contributed by atoms with E-state index in [1.807, 2.05) is 0 Å². The molecule has 1 aliphatic heterocycles. The molecule has 0 radical (unpaired) electrons. The van der Waals surface area contributed by atoms with Crippen molar-refractivity contribution < 1.29 is 0 Å². The zero-order valence-electron chi connectivity index (χ0n) is 13.3. The van der Waals surface area contributed by atoms with E-state index in [0.717, 1.165) is 0 Å². The highest BCUT2D eigenvalue weighted by atomic mass is 14.9. The third kappa shape index (κ3) is 2.53. The van der Waals surface area contributed by atoms with Gasteiger partial charge in [0.2, 0.25) is 0 Å². The van der Waals surface area contributed by atoms with Crippen LogP contribution in [-0.2, 0) is 0 Å². The molecule has 0 fully saturated rings. The number of anilines is 1. The SMILES string of the molecule is C[C@@H]1[C@H](c2ccccc2)c2ccccc2N[C@@H]1c1ccccc1. The van der Waals surface area contributed by atoms with E-state index in [-0.39, 0.29) is 0 Å². The van der Waals surface area contributed by atoms with Gasteiger partial charge in [0, 0.05) is 11.6 Å². The molecule has 0 amide bonds. The summed E-state index contributed by atoms with van der Waals surface area (Å²) in [6.07, 6.45) is 0. The smallest absolute Gasteiger partial charge is 0.0548 e. The highest BCUT2D eigenvalue weighted by Gasteiger charge is 2.34. The van der Waals surface area contributed by atoms with Gasteiger partial charge in [-0.05, 0) is 28.7 Å². The second kappa shape index (κ2) is 5.92. The maximum atomic E-state index is 3.76. The van der Waals surface area contributed by atoms with Crippen LogP contribution in [0.4, 0.5) is 5.69 Å². The van der Waals surface area contributed by atoms with Crippen molar-refractivity contribution in [2.45, 2.75) is 18.9 Å². The zero-order chi connectivity index (χ0) is 15.6. The summed E-state index contributed by atoms with van der Waals surface area (Å²) in [5.41, 5.74) is 5.41. The van der Waals surface area contributed by atoms with Crippen LogP contribution in [0.5, 0.6) is 0 Å². The molecule has 0 unspecified atom stereocenters. The minimum absolute atomic E-state index is 0.330. The van der Waals surface area contributed by atoms with E-state index < -0.39 is 0 Å². The molecule has 1 aliphatic rings. The lowest BCUT2D eigenvalue weighted by molar-refractivity contribution is 0.428. The Morgan fingerprint density at radius 3 is 1.91 bits per heavy atom. The molecule has 0 spiro atoms. The average Bonchev–Trinajstić information content (AvgIpc) is 2.63. The lowest BCUT2D eigenvalue weighted by atomic mass is 9.73. The van der Waals surface area contributed by atoms with Crippen LogP contribution in [0.25, 0.3) is 0 Å². The molecule has 23 heavy (non-hydrogen) atoms. The van der Waals surface area contributed by atoms with Gasteiger partial charge in [-0.15, -0.1) is 0 Å². The summed E-state index contributed by atoms with van der Waals surface area (Å²) in [5, 5.41) is 3.76. The molecular weight excluding hydrogens is 278 g/mol. The molecule has 0 saturated heterocycles. The molecular formula is C22H21N. The largest absolute Gasteiger partial charge is 0.378 e. The van der Waals surface area contributed by atoms with Gasteiger partial charge in [-0.3, -0.25) is 0 Å². The molecule has 3 atom stereocenters. The van der Waals surface area contributed by atoms with Gasteiger partial charge in [-0.25, -0.2) is 0 Å². The summed E-state index contributed by atoms with van der Waals surface area (Å²) >= 11 is 0. The summed E-state index contributed by atoms with van der Waals surface area (Å²) in [6.45, 7) is 2.36. The van der Waals surface area contributed by atoms with Gasteiger partial charge in [0.1, 0.15) is 0 Å². The molecule has 4 rings (SSSR count). The number of benzene rings is 3. The maximum Gasteiger partial charge on any atom is 0.0548 e. The van der Waals surface area contributed by atoms with Crippen molar-refractivity contribution in [2.75, 3.05) is 5.32 Å². The fourth-order valence-corrected chi connectivity index (χ4v) is 3.87. The Hall–Kier alpha value is -2.54. The predicted octanol–water partition coefficient (Wildman–Crippen LogP) is 5.62. The molecule has 1 nitrogen and oxygen atoms in total. The van der Waals surface area contributed by atoms with Gasteiger partial charge in [0.05, 0.1) is 6.04 Å². The van der Waals surface area contributed by atoms with Crippen LogP contribution >= 0.6 is 0 Å². The van der Waals surface area contributed by atoms with E-state index in [9.17, 15) is 0 Å². The highest BCUT2D eigenvalue weighted by molar-refractivity contribution is 5.59. The summed E-state index contributed by atoms with van der Waals surface area (Å²) in [5.74, 6) is 0.897. The lowest BCUT2D eigenvalue weighted by Gasteiger charge is -2.39. The number of hydrogen-bond acceptors (Lipinski definition) is 1. The van der Waals surface area contributed by atoms with Crippen molar-refractivity contribution in [3.8, 4) is 0 Å². The van der Waals surface area contributed by atoms with E-state index in [2.05, 4.69) is 97.2 Å². The third-order valence-corrected chi connectivity index (χ3v) is 4.98. The molecule has 0 aliphatic carbocycles. The molecule has 3 aromatic rings. The second-order valence-electron chi connectivity index (χ2n) is 6.37. The van der Waals surface area contributed by atoms with Crippen molar-refractivity contribution in [1.82, 2.24) is 0 Å².